The molecule has 82 valence electrons. The molecule has 0 spiro atoms. The van der Waals surface area contributed by atoms with Crippen LogP contribution in [0.15, 0.2) is 0 Å². The Kier molecular flexibility index (Phi) is 3.93. The topological polar surface area (TPSA) is 49.3 Å². The number of nitrogens with one attached hydrogen (secondary N) is 1. The van der Waals surface area contributed by atoms with Crippen LogP contribution in [0.25, 0.3) is 0 Å². The van der Waals surface area contributed by atoms with E-state index in [0.717, 1.165) is 25.7 Å². The molecule has 14 heavy (non-hydrogen) atoms. The van der Waals surface area contributed by atoms with Gasteiger partial charge in [0.05, 0.1) is 6.10 Å². The molecule has 0 aromatic rings. The van der Waals surface area contributed by atoms with Gasteiger partial charge >= 0.3 is 0 Å². The third kappa shape index (κ3) is 3.29. The maximum absolute atomic E-state index is 11.1. The number of hydrogen-bond acceptors (Lipinski definition) is 2. The van der Waals surface area contributed by atoms with E-state index in [4.69, 9.17) is 0 Å². The fourth-order valence-electron chi connectivity index (χ4n) is 2.55. The summed E-state index contributed by atoms with van der Waals surface area (Å²) in [4.78, 5) is 11.1. The standard InChI is InChI=1S/C11H21NO2/c1-9(13)8-11(12-10(2)14)6-4-3-5-7-11/h9,13H,3-8H2,1-2H3,(H,12,14). The Balaban J connectivity index is 2.61. The molecule has 1 aliphatic rings. The number of hydrogen-bond donors (Lipinski definition) is 2. The van der Waals surface area contributed by atoms with Gasteiger partial charge in [-0.1, -0.05) is 19.3 Å². The number of amides is 1. The second-order valence-electron chi connectivity index (χ2n) is 4.58. The number of rotatable bonds is 3. The average molecular weight is 199 g/mol. The van der Waals surface area contributed by atoms with E-state index >= 15 is 0 Å². The molecule has 0 radical (unpaired) electrons. The Morgan fingerprint density at radius 1 is 1.43 bits per heavy atom. The summed E-state index contributed by atoms with van der Waals surface area (Å²) in [5.74, 6) is 0.0209. The Hall–Kier alpha value is -0.570. The van der Waals surface area contributed by atoms with Crippen molar-refractivity contribution in [2.24, 2.45) is 0 Å². The zero-order valence-electron chi connectivity index (χ0n) is 9.18. The van der Waals surface area contributed by atoms with Crippen LogP contribution >= 0.6 is 0 Å². The first-order valence-corrected chi connectivity index (χ1v) is 5.51. The number of carbonyl (C=O) groups excluding carboxylic acids is 1. The van der Waals surface area contributed by atoms with Crippen LogP contribution in [-0.4, -0.2) is 22.7 Å². The lowest BCUT2D eigenvalue weighted by Gasteiger charge is -2.38. The smallest absolute Gasteiger partial charge is 0.217 e. The number of aliphatic hydroxyl groups excluding tert-OH is 1. The van der Waals surface area contributed by atoms with Crippen LogP contribution in [0, 0.1) is 0 Å². The van der Waals surface area contributed by atoms with Gasteiger partial charge in [0.25, 0.3) is 0 Å². The van der Waals surface area contributed by atoms with Crippen molar-refractivity contribution in [3.8, 4) is 0 Å². The first-order chi connectivity index (χ1) is 6.54. The van der Waals surface area contributed by atoms with Gasteiger partial charge < -0.3 is 10.4 Å². The molecule has 0 bridgehead atoms. The summed E-state index contributed by atoms with van der Waals surface area (Å²) in [6, 6.07) is 0. The molecule has 1 aliphatic carbocycles. The van der Waals surface area contributed by atoms with Crippen LogP contribution in [0.5, 0.6) is 0 Å². The summed E-state index contributed by atoms with van der Waals surface area (Å²) in [7, 11) is 0. The summed E-state index contributed by atoms with van der Waals surface area (Å²) in [5.41, 5.74) is -0.127. The van der Waals surface area contributed by atoms with Crippen molar-refractivity contribution in [3.05, 3.63) is 0 Å². The monoisotopic (exact) mass is 199 g/mol. The Morgan fingerprint density at radius 2 is 2.00 bits per heavy atom. The van der Waals surface area contributed by atoms with Crippen molar-refractivity contribution in [3.63, 3.8) is 0 Å². The SMILES string of the molecule is CC(=O)NC1(CC(C)O)CCCCC1. The molecule has 0 aliphatic heterocycles. The van der Waals surface area contributed by atoms with Gasteiger partial charge in [-0.3, -0.25) is 4.79 Å². The van der Waals surface area contributed by atoms with Gasteiger partial charge in [0.15, 0.2) is 0 Å². The molecule has 2 N–H and O–H groups in total. The van der Waals surface area contributed by atoms with E-state index in [1.807, 2.05) is 0 Å². The minimum Gasteiger partial charge on any atom is -0.393 e. The van der Waals surface area contributed by atoms with Crippen molar-refractivity contribution in [2.45, 2.75) is 64.0 Å². The van der Waals surface area contributed by atoms with Crippen molar-refractivity contribution in [1.29, 1.82) is 0 Å². The molecule has 0 aromatic carbocycles. The highest BCUT2D eigenvalue weighted by molar-refractivity contribution is 5.73. The molecular formula is C11H21NO2. The fraction of sp³-hybridized carbons (Fsp3) is 0.909. The van der Waals surface area contributed by atoms with E-state index in [9.17, 15) is 9.90 Å². The zero-order chi connectivity index (χ0) is 10.6. The number of carbonyl (C=O) groups is 1. The second kappa shape index (κ2) is 4.78. The molecule has 1 rings (SSSR count). The molecule has 3 heteroatoms. The van der Waals surface area contributed by atoms with E-state index in [-0.39, 0.29) is 17.6 Å². The van der Waals surface area contributed by atoms with Crippen LogP contribution in [0.2, 0.25) is 0 Å². The Labute approximate surface area is 85.9 Å². The number of aliphatic hydroxyl groups is 1. The average Bonchev–Trinajstić information content (AvgIpc) is 2.01. The third-order valence-electron chi connectivity index (χ3n) is 2.94. The van der Waals surface area contributed by atoms with Gasteiger partial charge in [-0.25, -0.2) is 0 Å². The summed E-state index contributed by atoms with van der Waals surface area (Å²) in [5, 5.41) is 12.5. The van der Waals surface area contributed by atoms with Gasteiger partial charge in [-0.15, -0.1) is 0 Å². The molecule has 0 aromatic heterocycles. The molecule has 1 saturated carbocycles. The predicted octanol–water partition coefficient (Wildman–Crippen LogP) is 1.60. The first kappa shape index (κ1) is 11.5. The quantitative estimate of drug-likeness (QED) is 0.725. The summed E-state index contributed by atoms with van der Waals surface area (Å²) in [6.45, 7) is 3.34. The zero-order valence-corrected chi connectivity index (χ0v) is 9.18. The molecule has 1 atom stereocenters. The molecule has 1 fully saturated rings. The molecule has 1 unspecified atom stereocenters. The van der Waals surface area contributed by atoms with Crippen LogP contribution in [0.4, 0.5) is 0 Å². The lowest BCUT2D eigenvalue weighted by atomic mass is 9.78. The fourth-order valence-corrected chi connectivity index (χ4v) is 2.55. The van der Waals surface area contributed by atoms with E-state index in [1.54, 1.807) is 13.8 Å². The van der Waals surface area contributed by atoms with Crippen LogP contribution in [0.3, 0.4) is 0 Å². The maximum atomic E-state index is 11.1. The Bertz CT molecular complexity index is 195. The highest BCUT2D eigenvalue weighted by Gasteiger charge is 2.33. The van der Waals surface area contributed by atoms with E-state index < -0.39 is 0 Å². The van der Waals surface area contributed by atoms with Gasteiger partial charge in [0.1, 0.15) is 0 Å². The third-order valence-corrected chi connectivity index (χ3v) is 2.94. The van der Waals surface area contributed by atoms with Gasteiger partial charge in [-0.2, -0.15) is 0 Å². The van der Waals surface area contributed by atoms with E-state index in [2.05, 4.69) is 5.32 Å². The molecule has 0 heterocycles. The van der Waals surface area contributed by atoms with Crippen LogP contribution in [0.1, 0.15) is 52.4 Å². The second-order valence-corrected chi connectivity index (χ2v) is 4.58. The molecule has 3 nitrogen and oxygen atoms in total. The van der Waals surface area contributed by atoms with Crippen LogP contribution in [-0.2, 0) is 4.79 Å². The normalized spacial score (nSPS) is 22.8. The predicted molar refractivity (Wildman–Crippen MR) is 55.9 cm³/mol. The summed E-state index contributed by atoms with van der Waals surface area (Å²) < 4.78 is 0. The van der Waals surface area contributed by atoms with Crippen molar-refractivity contribution in [1.82, 2.24) is 5.32 Å². The minimum absolute atomic E-state index is 0.0209. The van der Waals surface area contributed by atoms with Crippen molar-refractivity contribution >= 4 is 5.91 Å². The van der Waals surface area contributed by atoms with E-state index in [0.29, 0.717) is 6.42 Å². The molecule has 0 saturated heterocycles. The Morgan fingerprint density at radius 3 is 2.43 bits per heavy atom. The summed E-state index contributed by atoms with van der Waals surface area (Å²) >= 11 is 0. The van der Waals surface area contributed by atoms with Gasteiger partial charge in [-0.05, 0) is 26.2 Å². The van der Waals surface area contributed by atoms with E-state index in [1.165, 1.54) is 6.42 Å². The maximum Gasteiger partial charge on any atom is 0.217 e. The molecular weight excluding hydrogens is 178 g/mol. The van der Waals surface area contributed by atoms with Crippen molar-refractivity contribution < 1.29 is 9.90 Å². The minimum atomic E-state index is -0.333. The lowest BCUT2D eigenvalue weighted by Crippen LogP contribution is -2.50. The first-order valence-electron chi connectivity index (χ1n) is 5.51. The van der Waals surface area contributed by atoms with Gasteiger partial charge in [0.2, 0.25) is 5.91 Å². The highest BCUT2D eigenvalue weighted by Crippen LogP contribution is 2.32. The van der Waals surface area contributed by atoms with Crippen molar-refractivity contribution in [2.75, 3.05) is 0 Å². The lowest BCUT2D eigenvalue weighted by molar-refractivity contribution is -0.121. The summed E-state index contributed by atoms with van der Waals surface area (Å²) in [6.07, 6.45) is 5.95. The molecule has 1 amide bonds. The van der Waals surface area contributed by atoms with Gasteiger partial charge in [0, 0.05) is 12.5 Å². The largest absolute Gasteiger partial charge is 0.393 e. The van der Waals surface area contributed by atoms with Crippen LogP contribution < -0.4 is 5.32 Å². The highest BCUT2D eigenvalue weighted by atomic mass is 16.3.